The number of benzene rings is 1. The van der Waals surface area contributed by atoms with Gasteiger partial charge in [0.05, 0.1) is 6.54 Å². The Morgan fingerprint density at radius 2 is 1.76 bits per heavy atom. The van der Waals surface area contributed by atoms with Gasteiger partial charge in [0.2, 0.25) is 0 Å². The van der Waals surface area contributed by atoms with E-state index in [1.54, 1.807) is 0 Å². The molecule has 0 atom stereocenters. The zero-order chi connectivity index (χ0) is 15.2. The molecule has 2 N–H and O–H groups in total. The molecule has 0 aromatic heterocycles. The summed E-state index contributed by atoms with van der Waals surface area (Å²) < 4.78 is 5.95. The van der Waals surface area contributed by atoms with Crippen molar-refractivity contribution in [3.05, 3.63) is 29.8 Å². The van der Waals surface area contributed by atoms with E-state index in [4.69, 9.17) is 10.5 Å². The summed E-state index contributed by atoms with van der Waals surface area (Å²) in [5.41, 5.74) is 6.83. The second-order valence-corrected chi connectivity index (χ2v) is 5.67. The van der Waals surface area contributed by atoms with Gasteiger partial charge in [0.25, 0.3) is 0 Å². The van der Waals surface area contributed by atoms with Crippen LogP contribution in [0.3, 0.4) is 0 Å². The highest BCUT2D eigenvalue weighted by molar-refractivity contribution is 14.0. The summed E-state index contributed by atoms with van der Waals surface area (Å²) in [7, 11) is 0. The number of hydrogen-bond donors (Lipinski definition) is 1. The lowest BCUT2D eigenvalue weighted by molar-refractivity contribution is 0.129. The smallest absolute Gasteiger partial charge is 0.191 e. The fraction of sp³-hybridized carbons (Fsp3) is 0.562. The van der Waals surface area contributed by atoms with Crippen molar-refractivity contribution in [2.75, 3.05) is 13.1 Å². The van der Waals surface area contributed by atoms with Crippen molar-refractivity contribution in [2.24, 2.45) is 10.7 Å². The van der Waals surface area contributed by atoms with Crippen LogP contribution in [0.1, 0.15) is 40.2 Å². The monoisotopic (exact) mass is 405 g/mol. The summed E-state index contributed by atoms with van der Waals surface area (Å²) >= 11 is 0. The van der Waals surface area contributed by atoms with E-state index >= 15 is 0 Å². The van der Waals surface area contributed by atoms with Crippen molar-refractivity contribution < 1.29 is 4.74 Å². The molecule has 120 valence electrons. The highest BCUT2D eigenvalue weighted by Crippen LogP contribution is 2.23. The van der Waals surface area contributed by atoms with Gasteiger partial charge in [-0.3, -0.25) is 0 Å². The number of halogens is 1. The SMILES string of the molecule is CCN(CC)C(N)=NCc1ccccc1OC(C)(C)C.I. The standard InChI is InChI=1S/C16H27N3O.HI/c1-6-19(7-2)15(17)18-12-13-10-8-9-11-14(13)20-16(3,4)5;/h8-11H,6-7,12H2,1-5H3,(H2,17,18);1H. The van der Waals surface area contributed by atoms with Gasteiger partial charge in [-0.25, -0.2) is 4.99 Å². The van der Waals surface area contributed by atoms with Crippen molar-refractivity contribution in [2.45, 2.75) is 46.8 Å². The minimum atomic E-state index is -0.218. The number of ether oxygens (including phenoxy) is 1. The molecule has 0 aliphatic carbocycles. The highest BCUT2D eigenvalue weighted by atomic mass is 127. The van der Waals surface area contributed by atoms with Crippen LogP contribution in [0.4, 0.5) is 0 Å². The van der Waals surface area contributed by atoms with Gasteiger partial charge in [-0.15, -0.1) is 24.0 Å². The van der Waals surface area contributed by atoms with Crippen molar-refractivity contribution in [3.63, 3.8) is 0 Å². The fourth-order valence-corrected chi connectivity index (χ4v) is 1.88. The zero-order valence-electron chi connectivity index (χ0n) is 13.7. The number of aliphatic imine (C=N–C) groups is 1. The van der Waals surface area contributed by atoms with Crippen LogP contribution in [0.25, 0.3) is 0 Å². The summed E-state index contributed by atoms with van der Waals surface area (Å²) in [5.74, 6) is 1.46. The fourth-order valence-electron chi connectivity index (χ4n) is 1.88. The van der Waals surface area contributed by atoms with E-state index < -0.39 is 0 Å². The second kappa shape index (κ2) is 9.12. The maximum atomic E-state index is 6.00. The van der Waals surface area contributed by atoms with E-state index in [2.05, 4.69) is 18.8 Å². The number of nitrogens with two attached hydrogens (primary N) is 1. The molecule has 0 saturated carbocycles. The lowest BCUT2D eigenvalue weighted by Crippen LogP contribution is -2.37. The van der Waals surface area contributed by atoms with Crippen LogP contribution in [0.15, 0.2) is 29.3 Å². The Kier molecular flexibility index (Phi) is 8.70. The third kappa shape index (κ3) is 7.02. The van der Waals surface area contributed by atoms with Crippen LogP contribution >= 0.6 is 24.0 Å². The number of rotatable bonds is 5. The molecule has 0 aliphatic rings. The van der Waals surface area contributed by atoms with E-state index in [0.717, 1.165) is 24.4 Å². The van der Waals surface area contributed by atoms with Crippen LogP contribution in [-0.2, 0) is 6.54 Å². The predicted molar refractivity (Wildman–Crippen MR) is 100 cm³/mol. The molecular formula is C16H28IN3O. The van der Waals surface area contributed by atoms with E-state index in [1.807, 2.05) is 49.9 Å². The topological polar surface area (TPSA) is 50.8 Å². The molecule has 0 aliphatic heterocycles. The molecule has 0 amide bonds. The average Bonchev–Trinajstić information content (AvgIpc) is 2.37. The molecule has 0 fully saturated rings. The molecule has 0 unspecified atom stereocenters. The van der Waals surface area contributed by atoms with Gasteiger partial charge >= 0.3 is 0 Å². The van der Waals surface area contributed by atoms with Gasteiger partial charge in [-0.1, -0.05) is 18.2 Å². The Bertz CT molecular complexity index is 451. The van der Waals surface area contributed by atoms with Crippen molar-refractivity contribution in [1.82, 2.24) is 4.90 Å². The van der Waals surface area contributed by atoms with E-state index in [0.29, 0.717) is 12.5 Å². The first kappa shape index (κ1) is 20.0. The Balaban J connectivity index is 0.00000400. The van der Waals surface area contributed by atoms with Gasteiger partial charge in [0.1, 0.15) is 11.4 Å². The molecule has 5 heteroatoms. The Labute approximate surface area is 145 Å². The van der Waals surface area contributed by atoms with Gasteiger partial charge in [0, 0.05) is 18.7 Å². The molecule has 1 aromatic rings. The molecule has 0 bridgehead atoms. The van der Waals surface area contributed by atoms with E-state index in [9.17, 15) is 0 Å². The van der Waals surface area contributed by atoms with Crippen molar-refractivity contribution >= 4 is 29.9 Å². The van der Waals surface area contributed by atoms with Crippen LogP contribution in [0.5, 0.6) is 5.75 Å². The van der Waals surface area contributed by atoms with Crippen LogP contribution in [0, 0.1) is 0 Å². The molecule has 0 radical (unpaired) electrons. The molecule has 0 saturated heterocycles. The lowest BCUT2D eigenvalue weighted by Gasteiger charge is -2.23. The largest absolute Gasteiger partial charge is 0.488 e. The first-order valence-corrected chi connectivity index (χ1v) is 7.19. The van der Waals surface area contributed by atoms with Crippen molar-refractivity contribution in [1.29, 1.82) is 0 Å². The number of guanidine groups is 1. The first-order valence-electron chi connectivity index (χ1n) is 7.19. The average molecular weight is 405 g/mol. The third-order valence-electron chi connectivity index (χ3n) is 2.89. The number of hydrogen-bond acceptors (Lipinski definition) is 2. The molecule has 0 spiro atoms. The first-order chi connectivity index (χ1) is 9.37. The molecule has 4 nitrogen and oxygen atoms in total. The van der Waals surface area contributed by atoms with Crippen LogP contribution in [0.2, 0.25) is 0 Å². The van der Waals surface area contributed by atoms with E-state index in [1.165, 1.54) is 0 Å². The molecule has 1 rings (SSSR count). The molecule has 0 heterocycles. The van der Waals surface area contributed by atoms with Gasteiger partial charge < -0.3 is 15.4 Å². The highest BCUT2D eigenvalue weighted by Gasteiger charge is 2.14. The van der Waals surface area contributed by atoms with Gasteiger partial charge in [-0.2, -0.15) is 0 Å². The Morgan fingerprint density at radius 3 is 2.29 bits per heavy atom. The van der Waals surface area contributed by atoms with Crippen molar-refractivity contribution in [3.8, 4) is 5.75 Å². The molecular weight excluding hydrogens is 377 g/mol. The third-order valence-corrected chi connectivity index (χ3v) is 2.89. The maximum absolute atomic E-state index is 6.00. The summed E-state index contributed by atoms with van der Waals surface area (Å²) in [6.07, 6.45) is 0. The number of nitrogens with zero attached hydrogens (tertiary/aromatic N) is 2. The lowest BCUT2D eigenvalue weighted by atomic mass is 10.1. The Morgan fingerprint density at radius 1 is 1.19 bits per heavy atom. The van der Waals surface area contributed by atoms with Gasteiger partial charge in [-0.05, 0) is 40.7 Å². The normalized spacial score (nSPS) is 11.8. The Hall–Kier alpha value is -0.980. The quantitative estimate of drug-likeness (QED) is 0.462. The number of para-hydroxylation sites is 1. The van der Waals surface area contributed by atoms with Gasteiger partial charge in [0.15, 0.2) is 5.96 Å². The summed E-state index contributed by atoms with van der Waals surface area (Å²) in [6, 6.07) is 7.97. The minimum Gasteiger partial charge on any atom is -0.488 e. The minimum absolute atomic E-state index is 0. The second-order valence-electron chi connectivity index (χ2n) is 5.67. The summed E-state index contributed by atoms with van der Waals surface area (Å²) in [4.78, 5) is 6.50. The van der Waals surface area contributed by atoms with E-state index in [-0.39, 0.29) is 29.6 Å². The maximum Gasteiger partial charge on any atom is 0.191 e. The van der Waals surface area contributed by atoms with Crippen LogP contribution in [-0.4, -0.2) is 29.6 Å². The zero-order valence-corrected chi connectivity index (χ0v) is 16.0. The predicted octanol–water partition coefficient (Wildman–Crippen LogP) is 3.64. The molecule has 21 heavy (non-hydrogen) atoms. The summed E-state index contributed by atoms with van der Waals surface area (Å²) in [6.45, 7) is 12.5. The van der Waals surface area contributed by atoms with Crippen LogP contribution < -0.4 is 10.5 Å². The summed E-state index contributed by atoms with van der Waals surface area (Å²) in [5, 5.41) is 0. The molecule has 1 aromatic carbocycles.